The van der Waals surface area contributed by atoms with Crippen LogP contribution in [0.15, 0.2) is 0 Å². The normalized spacial score (nSPS) is 26.7. The summed E-state index contributed by atoms with van der Waals surface area (Å²) in [5, 5.41) is 19.2. The van der Waals surface area contributed by atoms with Gasteiger partial charge in [-0.15, -0.1) is 0 Å². The van der Waals surface area contributed by atoms with Crippen molar-refractivity contribution in [2.24, 2.45) is 5.92 Å². The van der Waals surface area contributed by atoms with Crippen LogP contribution in [-0.4, -0.2) is 45.7 Å². The number of aliphatic carboxylic acids is 1. The molecule has 2 rings (SSSR count). The van der Waals surface area contributed by atoms with Crippen molar-refractivity contribution < 1.29 is 19.8 Å². The molecule has 0 aromatic rings. The molecule has 1 aliphatic heterocycles. The molecule has 1 saturated heterocycles. The molecule has 0 radical (unpaired) electrons. The van der Waals surface area contributed by atoms with E-state index in [0.29, 0.717) is 31.7 Å². The van der Waals surface area contributed by atoms with Crippen LogP contribution in [0.2, 0.25) is 0 Å². The van der Waals surface area contributed by atoms with Crippen molar-refractivity contribution in [1.82, 2.24) is 4.90 Å². The Balaban J connectivity index is 1.83. The first-order valence-corrected chi connectivity index (χ1v) is 7.30. The van der Waals surface area contributed by atoms with Crippen LogP contribution < -0.4 is 0 Å². The zero-order chi connectivity index (χ0) is 13.8. The quantitative estimate of drug-likeness (QED) is 0.790. The molecule has 1 saturated carbocycles. The zero-order valence-electron chi connectivity index (χ0n) is 11.3. The third kappa shape index (κ3) is 3.47. The molecule has 5 heteroatoms. The van der Waals surface area contributed by atoms with E-state index in [1.807, 2.05) is 0 Å². The van der Waals surface area contributed by atoms with Crippen molar-refractivity contribution in [1.29, 1.82) is 0 Å². The van der Waals surface area contributed by atoms with Gasteiger partial charge in [-0.2, -0.15) is 0 Å². The number of carboxylic acid groups (broad SMARTS) is 1. The molecule has 2 N–H and O–H groups in total. The van der Waals surface area contributed by atoms with E-state index in [0.717, 1.165) is 12.8 Å². The first-order valence-electron chi connectivity index (χ1n) is 7.30. The summed E-state index contributed by atoms with van der Waals surface area (Å²) in [6, 6.07) is -0.689. The standard InChI is InChI=1S/C14H23NO4/c16-12(10-4-2-1-3-5-10)8-9-15-11(14(18)19)6-7-13(15)17/h10-12,16H,1-9H2,(H,18,19)/t11-,12+/m1/s1. The maximum Gasteiger partial charge on any atom is 0.326 e. The fraction of sp³-hybridized carbons (Fsp3) is 0.857. The van der Waals surface area contributed by atoms with Crippen LogP contribution in [0.4, 0.5) is 0 Å². The molecule has 0 unspecified atom stereocenters. The highest BCUT2D eigenvalue weighted by molar-refractivity contribution is 5.87. The van der Waals surface area contributed by atoms with E-state index in [9.17, 15) is 14.7 Å². The third-order valence-corrected chi connectivity index (χ3v) is 4.47. The minimum atomic E-state index is -0.932. The predicted octanol–water partition coefficient (Wildman–Crippen LogP) is 1.39. The van der Waals surface area contributed by atoms with Crippen LogP contribution in [-0.2, 0) is 9.59 Å². The van der Waals surface area contributed by atoms with E-state index in [1.165, 1.54) is 24.2 Å². The van der Waals surface area contributed by atoms with E-state index >= 15 is 0 Å². The van der Waals surface area contributed by atoms with Crippen molar-refractivity contribution in [3.8, 4) is 0 Å². The minimum Gasteiger partial charge on any atom is -0.480 e. The first kappa shape index (κ1) is 14.3. The van der Waals surface area contributed by atoms with Gasteiger partial charge in [0.1, 0.15) is 6.04 Å². The Kier molecular flexibility index (Phi) is 4.80. The molecule has 2 atom stereocenters. The zero-order valence-corrected chi connectivity index (χ0v) is 11.3. The fourth-order valence-corrected chi connectivity index (χ4v) is 3.30. The summed E-state index contributed by atoms with van der Waals surface area (Å²) in [6.07, 6.45) is 6.50. The van der Waals surface area contributed by atoms with Crippen molar-refractivity contribution in [3.05, 3.63) is 0 Å². The second-order valence-corrected chi connectivity index (χ2v) is 5.73. The van der Waals surface area contributed by atoms with Crippen LogP contribution in [0.1, 0.15) is 51.4 Å². The minimum absolute atomic E-state index is 0.0942. The van der Waals surface area contributed by atoms with Crippen LogP contribution in [0, 0.1) is 5.92 Å². The molecule has 0 bridgehead atoms. The van der Waals surface area contributed by atoms with Gasteiger partial charge >= 0.3 is 5.97 Å². The summed E-state index contributed by atoms with van der Waals surface area (Å²) in [5.74, 6) is -0.698. The predicted molar refractivity (Wildman–Crippen MR) is 69.6 cm³/mol. The molecular formula is C14H23NO4. The molecule has 2 aliphatic rings. The molecule has 2 fully saturated rings. The van der Waals surface area contributed by atoms with Crippen molar-refractivity contribution in [2.45, 2.75) is 63.5 Å². The van der Waals surface area contributed by atoms with Gasteiger partial charge in [-0.25, -0.2) is 4.79 Å². The molecule has 19 heavy (non-hydrogen) atoms. The Morgan fingerprint density at radius 3 is 2.58 bits per heavy atom. The maximum atomic E-state index is 11.7. The molecule has 5 nitrogen and oxygen atoms in total. The molecule has 0 spiro atoms. The number of carbonyl (C=O) groups is 2. The summed E-state index contributed by atoms with van der Waals surface area (Å²) in [4.78, 5) is 24.1. The average Bonchev–Trinajstić information content (AvgIpc) is 2.78. The molecule has 1 heterocycles. The van der Waals surface area contributed by atoms with Crippen molar-refractivity contribution >= 4 is 11.9 Å². The number of nitrogens with zero attached hydrogens (tertiary/aromatic N) is 1. The van der Waals surface area contributed by atoms with Gasteiger partial charge in [0.05, 0.1) is 6.10 Å². The number of amides is 1. The molecule has 108 valence electrons. The SMILES string of the molecule is O=C(O)[C@H]1CCC(=O)N1CC[C@H](O)C1CCCCC1. The summed E-state index contributed by atoms with van der Waals surface area (Å²) < 4.78 is 0. The summed E-state index contributed by atoms with van der Waals surface area (Å²) in [5.41, 5.74) is 0. The van der Waals surface area contributed by atoms with Gasteiger partial charge in [0.15, 0.2) is 0 Å². The van der Waals surface area contributed by atoms with Crippen LogP contribution in [0.3, 0.4) is 0 Å². The number of rotatable bonds is 5. The highest BCUT2D eigenvalue weighted by Gasteiger charge is 2.36. The Morgan fingerprint density at radius 2 is 1.95 bits per heavy atom. The lowest BCUT2D eigenvalue weighted by molar-refractivity contribution is -0.146. The molecule has 1 aliphatic carbocycles. The number of likely N-dealkylation sites (tertiary alicyclic amines) is 1. The van der Waals surface area contributed by atoms with Crippen molar-refractivity contribution in [3.63, 3.8) is 0 Å². The van der Waals surface area contributed by atoms with Gasteiger partial charge < -0.3 is 15.1 Å². The monoisotopic (exact) mass is 269 g/mol. The molecule has 0 aromatic heterocycles. The molecule has 0 aromatic carbocycles. The lowest BCUT2D eigenvalue weighted by atomic mass is 9.84. The fourth-order valence-electron chi connectivity index (χ4n) is 3.30. The van der Waals surface area contributed by atoms with Gasteiger partial charge in [0.25, 0.3) is 0 Å². The lowest BCUT2D eigenvalue weighted by Gasteiger charge is -2.29. The number of aliphatic hydroxyl groups is 1. The lowest BCUT2D eigenvalue weighted by Crippen LogP contribution is -2.40. The average molecular weight is 269 g/mol. The van der Waals surface area contributed by atoms with E-state index in [-0.39, 0.29) is 5.91 Å². The van der Waals surface area contributed by atoms with E-state index in [1.54, 1.807) is 0 Å². The third-order valence-electron chi connectivity index (χ3n) is 4.47. The summed E-state index contributed by atoms with van der Waals surface area (Å²) in [6.45, 7) is 0.369. The highest BCUT2D eigenvalue weighted by Crippen LogP contribution is 2.28. The largest absolute Gasteiger partial charge is 0.480 e. The number of hydrogen-bond acceptors (Lipinski definition) is 3. The number of carboxylic acids is 1. The first-order chi connectivity index (χ1) is 9.09. The molecule has 1 amide bonds. The number of carbonyl (C=O) groups excluding carboxylic acids is 1. The van der Waals surface area contributed by atoms with Crippen LogP contribution in [0.25, 0.3) is 0 Å². The summed E-state index contributed by atoms with van der Waals surface area (Å²) >= 11 is 0. The second kappa shape index (κ2) is 6.37. The van der Waals surface area contributed by atoms with Gasteiger partial charge in [0, 0.05) is 13.0 Å². The molecular weight excluding hydrogens is 246 g/mol. The van der Waals surface area contributed by atoms with E-state index in [2.05, 4.69) is 0 Å². The number of aliphatic hydroxyl groups excluding tert-OH is 1. The van der Waals surface area contributed by atoms with E-state index in [4.69, 9.17) is 5.11 Å². The van der Waals surface area contributed by atoms with Crippen LogP contribution in [0.5, 0.6) is 0 Å². The Bertz CT molecular complexity index is 338. The van der Waals surface area contributed by atoms with Crippen molar-refractivity contribution in [2.75, 3.05) is 6.54 Å². The maximum absolute atomic E-state index is 11.7. The highest BCUT2D eigenvalue weighted by atomic mass is 16.4. The Hall–Kier alpha value is -1.10. The van der Waals surface area contributed by atoms with Gasteiger partial charge in [-0.3, -0.25) is 4.79 Å². The topological polar surface area (TPSA) is 77.8 Å². The second-order valence-electron chi connectivity index (χ2n) is 5.73. The van der Waals surface area contributed by atoms with Gasteiger partial charge in [-0.1, -0.05) is 19.3 Å². The Morgan fingerprint density at radius 1 is 1.26 bits per heavy atom. The van der Waals surface area contributed by atoms with Gasteiger partial charge in [-0.05, 0) is 31.6 Å². The Labute approximate surface area is 113 Å². The summed E-state index contributed by atoms with van der Waals surface area (Å²) in [7, 11) is 0. The van der Waals surface area contributed by atoms with E-state index < -0.39 is 18.1 Å². The smallest absolute Gasteiger partial charge is 0.326 e. The van der Waals surface area contributed by atoms with Gasteiger partial charge in [0.2, 0.25) is 5.91 Å². The van der Waals surface area contributed by atoms with Crippen LogP contribution >= 0.6 is 0 Å². The number of hydrogen-bond donors (Lipinski definition) is 2.